The molecule has 0 spiro atoms. The van der Waals surface area contributed by atoms with Crippen molar-refractivity contribution in [3.8, 4) is 0 Å². The van der Waals surface area contributed by atoms with Crippen LogP contribution in [0.5, 0.6) is 0 Å². The average Bonchev–Trinajstić information content (AvgIpc) is 2.59. The van der Waals surface area contributed by atoms with E-state index in [1.165, 1.54) is 90.4 Å². The maximum atomic E-state index is 11.2. The van der Waals surface area contributed by atoms with Crippen LogP contribution in [0.2, 0.25) is 0 Å². The third-order valence-corrected chi connectivity index (χ3v) is 6.64. The Bertz CT molecular complexity index is 413. The summed E-state index contributed by atoms with van der Waals surface area (Å²) in [5.41, 5.74) is 0. The molecule has 0 amide bonds. The van der Waals surface area contributed by atoms with Gasteiger partial charge in [0, 0.05) is 0 Å². The average molecular weight is 429 g/mol. The summed E-state index contributed by atoms with van der Waals surface area (Å²) < 4.78 is 33.6. The summed E-state index contributed by atoms with van der Waals surface area (Å²) in [5, 5.41) is 8.39. The molecule has 0 rings (SSSR count). The molecule has 0 saturated carbocycles. The molecule has 0 radical (unpaired) electrons. The summed E-state index contributed by atoms with van der Waals surface area (Å²) in [6.45, 7) is 3.79. The molecule has 0 fully saturated rings. The molecule has 0 aromatic carbocycles. The number of hydrogen-bond donors (Lipinski definition) is 1. The van der Waals surface area contributed by atoms with E-state index in [4.69, 9.17) is 0 Å². The van der Waals surface area contributed by atoms with Gasteiger partial charge in [-0.1, -0.05) is 110 Å². The molecule has 4 nitrogen and oxygen atoms in total. The summed E-state index contributed by atoms with van der Waals surface area (Å²) in [7, 11) is -4.29. The van der Waals surface area contributed by atoms with Gasteiger partial charge in [-0.15, -0.1) is 0 Å². The third kappa shape index (κ3) is 21.6. The van der Waals surface area contributed by atoms with Crippen molar-refractivity contribution < 1.29 is 47.6 Å². The van der Waals surface area contributed by atoms with Crippen LogP contribution < -0.4 is 29.6 Å². The van der Waals surface area contributed by atoms with Crippen LogP contribution in [-0.4, -0.2) is 29.4 Å². The van der Waals surface area contributed by atoms with Gasteiger partial charge in [0.05, 0.1) is 21.5 Å². The van der Waals surface area contributed by atoms with Gasteiger partial charge in [0.15, 0.2) is 0 Å². The van der Waals surface area contributed by atoms with Crippen molar-refractivity contribution >= 4 is 10.1 Å². The van der Waals surface area contributed by atoms with Crippen LogP contribution in [0.3, 0.4) is 0 Å². The first-order chi connectivity index (χ1) is 12.9. The van der Waals surface area contributed by atoms with E-state index in [0.29, 0.717) is 6.42 Å². The molecule has 0 heterocycles. The van der Waals surface area contributed by atoms with E-state index in [-0.39, 0.29) is 36.0 Å². The van der Waals surface area contributed by atoms with Gasteiger partial charge in [0.25, 0.3) is 0 Å². The van der Waals surface area contributed by atoms with E-state index in [1.54, 1.807) is 0 Å². The number of hydrogen-bond acceptors (Lipinski definition) is 4. The van der Waals surface area contributed by atoms with Crippen molar-refractivity contribution in [2.24, 2.45) is 0 Å². The zero-order valence-electron chi connectivity index (χ0n) is 19.0. The first-order valence-electron chi connectivity index (χ1n) is 11.5. The second kappa shape index (κ2) is 21.1. The second-order valence-corrected chi connectivity index (χ2v) is 9.94. The molecule has 1 N–H and O–H groups in total. The quantitative estimate of drug-likeness (QED) is 0.183. The van der Waals surface area contributed by atoms with Crippen LogP contribution in [0.25, 0.3) is 0 Å². The van der Waals surface area contributed by atoms with Gasteiger partial charge in [0.2, 0.25) is 0 Å². The van der Waals surface area contributed by atoms with Crippen LogP contribution in [0, 0.1) is 0 Å². The van der Waals surface area contributed by atoms with Gasteiger partial charge in [-0.05, 0) is 19.8 Å². The van der Waals surface area contributed by atoms with Crippen molar-refractivity contribution in [2.75, 3.05) is 0 Å². The summed E-state index contributed by atoms with van der Waals surface area (Å²) in [5.74, 6) is 0. The molecule has 2 atom stereocenters. The fraction of sp³-hybridized carbons (Fsp3) is 1.00. The molecule has 0 aromatic heterocycles. The Morgan fingerprint density at radius 2 is 1.04 bits per heavy atom. The van der Waals surface area contributed by atoms with Crippen LogP contribution in [0.15, 0.2) is 0 Å². The Hall–Kier alpha value is 0.870. The normalized spacial score (nSPS) is 13.9. The molecule has 6 heteroatoms. The molecule has 0 aliphatic rings. The minimum Gasteiger partial charge on any atom is -0.748 e. The number of rotatable bonds is 20. The van der Waals surface area contributed by atoms with E-state index in [9.17, 15) is 18.1 Å². The molecule has 0 saturated heterocycles. The predicted molar refractivity (Wildman–Crippen MR) is 114 cm³/mol. The molecular formula is C22H45NaO4S. The summed E-state index contributed by atoms with van der Waals surface area (Å²) in [6, 6.07) is 0. The molecule has 164 valence electrons. The van der Waals surface area contributed by atoms with Crippen LogP contribution in [-0.2, 0) is 10.1 Å². The Morgan fingerprint density at radius 3 is 1.32 bits per heavy atom. The molecule has 0 bridgehead atoms. The van der Waals surface area contributed by atoms with E-state index < -0.39 is 21.5 Å². The van der Waals surface area contributed by atoms with Crippen molar-refractivity contribution in [2.45, 2.75) is 141 Å². The maximum Gasteiger partial charge on any atom is 1.00 e. The molecule has 0 aromatic rings. The van der Waals surface area contributed by atoms with Gasteiger partial charge < -0.3 is 9.66 Å². The van der Waals surface area contributed by atoms with Gasteiger partial charge in [-0.3, -0.25) is 0 Å². The second-order valence-electron chi connectivity index (χ2n) is 8.29. The van der Waals surface area contributed by atoms with E-state index in [0.717, 1.165) is 19.3 Å². The van der Waals surface area contributed by atoms with Crippen molar-refractivity contribution in [3.05, 3.63) is 0 Å². The number of unbranched alkanes of at least 4 members (excludes halogenated alkanes) is 15. The van der Waals surface area contributed by atoms with Crippen molar-refractivity contribution in [1.29, 1.82) is 0 Å². The zero-order chi connectivity index (χ0) is 20.4. The van der Waals surface area contributed by atoms with Crippen LogP contribution >= 0.6 is 0 Å². The Morgan fingerprint density at radius 1 is 0.714 bits per heavy atom. The largest absolute Gasteiger partial charge is 1.00 e. The van der Waals surface area contributed by atoms with Crippen LogP contribution in [0.4, 0.5) is 0 Å². The van der Waals surface area contributed by atoms with E-state index in [1.807, 2.05) is 0 Å². The van der Waals surface area contributed by atoms with Gasteiger partial charge >= 0.3 is 29.6 Å². The predicted octanol–water partition coefficient (Wildman–Crippen LogP) is 3.33. The van der Waals surface area contributed by atoms with Gasteiger partial charge in [-0.25, -0.2) is 8.42 Å². The Kier molecular flexibility index (Phi) is 23.4. The van der Waals surface area contributed by atoms with E-state index in [2.05, 4.69) is 6.92 Å². The minimum atomic E-state index is -4.29. The molecule has 0 aliphatic carbocycles. The molecule has 28 heavy (non-hydrogen) atoms. The summed E-state index contributed by atoms with van der Waals surface area (Å²) >= 11 is 0. The first-order valence-corrected chi connectivity index (χ1v) is 13.0. The third-order valence-electron chi connectivity index (χ3n) is 5.39. The summed E-state index contributed by atoms with van der Waals surface area (Å²) in [6.07, 6.45) is 20.1. The zero-order valence-corrected chi connectivity index (χ0v) is 21.8. The smallest absolute Gasteiger partial charge is 0.748 e. The van der Waals surface area contributed by atoms with Gasteiger partial charge in [0.1, 0.15) is 0 Å². The van der Waals surface area contributed by atoms with E-state index >= 15 is 0 Å². The fourth-order valence-corrected chi connectivity index (χ4v) is 4.65. The fourth-order valence-electron chi connectivity index (χ4n) is 3.68. The SMILES string of the molecule is CCCCCCCCCCCCCCCCCCC(CC(C)O)S(=O)(=O)[O-].[Na+]. The number of aliphatic hydroxyl groups is 1. The topological polar surface area (TPSA) is 77.4 Å². The standard InChI is InChI=1S/C22H46O4S.Na/c1-3-4-5-6-7-8-9-10-11-12-13-14-15-16-17-18-19-22(20-21(2)23)27(24,25)26;/h21-23H,3-20H2,1-2H3,(H,24,25,26);/q;+1/p-1. The molecule has 0 aliphatic heterocycles. The minimum absolute atomic E-state index is 0. The monoisotopic (exact) mass is 428 g/mol. The van der Waals surface area contributed by atoms with Crippen molar-refractivity contribution in [1.82, 2.24) is 0 Å². The maximum absolute atomic E-state index is 11.2. The summed E-state index contributed by atoms with van der Waals surface area (Å²) in [4.78, 5) is 0. The number of aliphatic hydroxyl groups excluding tert-OH is 1. The Labute approximate surface area is 197 Å². The van der Waals surface area contributed by atoms with Crippen LogP contribution in [0.1, 0.15) is 129 Å². The van der Waals surface area contributed by atoms with Crippen molar-refractivity contribution in [3.63, 3.8) is 0 Å². The molecule has 2 unspecified atom stereocenters. The Balaban J connectivity index is 0. The van der Waals surface area contributed by atoms with Gasteiger partial charge in [-0.2, -0.15) is 0 Å². The first kappa shape index (κ1) is 31.1. The molecular weight excluding hydrogens is 383 g/mol.